The van der Waals surface area contributed by atoms with Gasteiger partial charge in [-0.25, -0.2) is 17.5 Å². The Morgan fingerprint density at radius 1 is 1.21 bits per heavy atom. The molecule has 1 atom stereocenters. The third-order valence-corrected chi connectivity index (χ3v) is 6.89. The summed E-state index contributed by atoms with van der Waals surface area (Å²) in [6.45, 7) is 9.22. The molecule has 7 nitrogen and oxygen atoms in total. The molecule has 1 saturated carbocycles. The fourth-order valence-electron chi connectivity index (χ4n) is 3.41. The quantitative estimate of drug-likeness (QED) is 0.288. The third kappa shape index (κ3) is 10.4. The Hall–Kier alpha value is -1.71. The van der Waals surface area contributed by atoms with Crippen LogP contribution in [0.2, 0.25) is 0 Å². The van der Waals surface area contributed by atoms with E-state index in [2.05, 4.69) is 10.0 Å². The highest BCUT2D eigenvalue weighted by Gasteiger charge is 2.31. The van der Waals surface area contributed by atoms with Crippen LogP contribution >= 0.6 is 0 Å². The van der Waals surface area contributed by atoms with Gasteiger partial charge in [0.2, 0.25) is 10.0 Å². The van der Waals surface area contributed by atoms with Crippen molar-refractivity contribution in [3.63, 3.8) is 0 Å². The van der Waals surface area contributed by atoms with Crippen molar-refractivity contribution in [1.29, 1.82) is 0 Å². The van der Waals surface area contributed by atoms with Crippen molar-refractivity contribution in [2.75, 3.05) is 32.1 Å². The van der Waals surface area contributed by atoms with Crippen LogP contribution in [-0.4, -0.2) is 46.4 Å². The van der Waals surface area contributed by atoms with Gasteiger partial charge >= 0.3 is 5.97 Å². The number of carbonyl (C=O) groups is 1. The van der Waals surface area contributed by atoms with Crippen LogP contribution in [0.5, 0.6) is 5.75 Å². The van der Waals surface area contributed by atoms with Crippen LogP contribution in [0.25, 0.3) is 0 Å². The summed E-state index contributed by atoms with van der Waals surface area (Å²) in [5, 5.41) is 2.99. The average molecular weight is 487 g/mol. The molecule has 2 rings (SSSR count). The molecule has 0 amide bonds. The number of hydrogen-bond acceptors (Lipinski definition) is 6. The zero-order valence-corrected chi connectivity index (χ0v) is 21.1. The van der Waals surface area contributed by atoms with Crippen molar-refractivity contribution in [3.8, 4) is 5.75 Å². The third-order valence-electron chi connectivity index (χ3n) is 5.46. The lowest BCUT2D eigenvalue weighted by atomic mass is 9.83. The summed E-state index contributed by atoms with van der Waals surface area (Å²) in [4.78, 5) is 11.3. The summed E-state index contributed by atoms with van der Waals surface area (Å²) in [7, 11) is -3.54. The molecule has 1 aromatic rings. The van der Waals surface area contributed by atoms with E-state index >= 15 is 0 Å². The van der Waals surface area contributed by atoms with E-state index in [-0.39, 0.29) is 24.0 Å². The maximum absolute atomic E-state index is 14.2. The maximum Gasteiger partial charge on any atom is 0.319 e. The predicted octanol–water partition coefficient (Wildman–Crippen LogP) is 3.94. The van der Waals surface area contributed by atoms with Crippen molar-refractivity contribution in [1.82, 2.24) is 10.0 Å². The molecule has 0 aromatic heterocycles. The molecule has 1 aromatic carbocycles. The first-order valence-corrected chi connectivity index (χ1v) is 13.5. The molecule has 0 saturated heterocycles. The molecule has 1 fully saturated rings. The van der Waals surface area contributed by atoms with E-state index in [9.17, 15) is 17.6 Å². The predicted molar refractivity (Wildman–Crippen MR) is 127 cm³/mol. The molecule has 9 heteroatoms. The Kier molecular flexibility index (Phi) is 10.6. The summed E-state index contributed by atoms with van der Waals surface area (Å²) in [5.74, 6) is -0.0664. The molecule has 2 N–H and O–H groups in total. The number of esters is 1. The zero-order chi connectivity index (χ0) is 24.5. The minimum absolute atomic E-state index is 0.00366. The molecule has 188 valence electrons. The Morgan fingerprint density at radius 3 is 2.58 bits per heavy atom. The van der Waals surface area contributed by atoms with Gasteiger partial charge in [-0.1, -0.05) is 33.3 Å². The second kappa shape index (κ2) is 12.7. The monoisotopic (exact) mass is 486 g/mol. The second-order valence-electron chi connectivity index (χ2n) is 9.72. The van der Waals surface area contributed by atoms with Crippen LogP contribution < -0.4 is 14.8 Å². The number of sulfonamides is 1. The number of ether oxygens (including phenoxy) is 2. The fourth-order valence-corrected chi connectivity index (χ4v) is 4.96. The van der Waals surface area contributed by atoms with E-state index in [1.54, 1.807) is 19.1 Å². The number of benzene rings is 1. The van der Waals surface area contributed by atoms with Crippen molar-refractivity contribution >= 4 is 16.0 Å². The molecule has 0 radical (unpaired) electrons. The number of carbonyl (C=O) groups excluding carboxylic acids is 1. The Balaban J connectivity index is 1.88. The second-order valence-corrected chi connectivity index (χ2v) is 11.6. The van der Waals surface area contributed by atoms with Crippen LogP contribution in [0.4, 0.5) is 4.39 Å². The summed E-state index contributed by atoms with van der Waals surface area (Å²) in [6.07, 6.45) is 4.19. The van der Waals surface area contributed by atoms with E-state index in [0.717, 1.165) is 19.3 Å². The highest BCUT2D eigenvalue weighted by Crippen LogP contribution is 2.36. The first-order chi connectivity index (χ1) is 15.5. The standard InChI is InChI=1S/C24H39FN2O5S/c1-5-31-22(28)16-26-13-7-6-8-14-33(29,30)27-23(24(2,3)4)19-11-12-20(25)21(15-19)32-17-18-9-10-18/h11-12,15,18,23,26-27H,5-10,13-14,16-17H2,1-4H3. The van der Waals surface area contributed by atoms with Crippen molar-refractivity contribution in [2.24, 2.45) is 11.3 Å². The molecule has 1 unspecified atom stereocenters. The normalized spacial score (nSPS) is 15.3. The molecule has 0 heterocycles. The van der Waals surface area contributed by atoms with Gasteiger partial charge in [0.15, 0.2) is 11.6 Å². The van der Waals surface area contributed by atoms with Gasteiger partial charge in [0.05, 0.1) is 31.6 Å². The Bertz CT molecular complexity index is 866. The van der Waals surface area contributed by atoms with E-state index in [0.29, 0.717) is 44.1 Å². The highest BCUT2D eigenvalue weighted by molar-refractivity contribution is 7.89. The topological polar surface area (TPSA) is 93.7 Å². The first kappa shape index (κ1) is 27.5. The van der Waals surface area contributed by atoms with E-state index in [1.165, 1.54) is 6.07 Å². The summed E-state index contributed by atoms with van der Waals surface area (Å²) < 4.78 is 53.1. The van der Waals surface area contributed by atoms with Crippen LogP contribution in [0, 0.1) is 17.2 Å². The van der Waals surface area contributed by atoms with Crippen LogP contribution in [0.3, 0.4) is 0 Å². The number of nitrogens with one attached hydrogen (secondary N) is 2. The van der Waals surface area contributed by atoms with Crippen molar-refractivity contribution in [2.45, 2.75) is 65.8 Å². The number of hydrogen-bond donors (Lipinski definition) is 2. The number of rotatable bonds is 15. The Morgan fingerprint density at radius 2 is 1.94 bits per heavy atom. The summed E-state index contributed by atoms with van der Waals surface area (Å²) in [6, 6.07) is 4.06. The van der Waals surface area contributed by atoms with Crippen LogP contribution in [0.1, 0.15) is 71.4 Å². The molecule has 0 bridgehead atoms. The number of halogens is 1. The van der Waals surface area contributed by atoms with Crippen LogP contribution in [-0.2, 0) is 19.6 Å². The van der Waals surface area contributed by atoms with E-state index in [1.807, 2.05) is 20.8 Å². The van der Waals surface area contributed by atoms with Gasteiger partial charge in [0.1, 0.15) is 0 Å². The maximum atomic E-state index is 14.2. The summed E-state index contributed by atoms with van der Waals surface area (Å²) >= 11 is 0. The molecule has 1 aliphatic carbocycles. The highest BCUT2D eigenvalue weighted by atomic mass is 32.2. The van der Waals surface area contributed by atoms with Gasteiger partial charge in [0.25, 0.3) is 0 Å². The SMILES string of the molecule is CCOC(=O)CNCCCCCS(=O)(=O)NC(c1ccc(F)c(OCC2CC2)c1)C(C)(C)C. The average Bonchev–Trinajstić information content (AvgIpc) is 3.55. The molecular formula is C24H39FN2O5S. The van der Waals surface area contributed by atoms with E-state index < -0.39 is 27.3 Å². The number of unbranched alkanes of at least 4 members (excludes halogenated alkanes) is 2. The summed E-state index contributed by atoms with van der Waals surface area (Å²) in [5.41, 5.74) is 0.261. The fraction of sp³-hybridized carbons (Fsp3) is 0.708. The van der Waals surface area contributed by atoms with E-state index in [4.69, 9.17) is 9.47 Å². The molecule has 1 aliphatic rings. The zero-order valence-electron chi connectivity index (χ0n) is 20.3. The first-order valence-electron chi connectivity index (χ1n) is 11.8. The molecule has 33 heavy (non-hydrogen) atoms. The van der Waals surface area contributed by atoms with Gasteiger partial charge < -0.3 is 14.8 Å². The van der Waals surface area contributed by atoms with Gasteiger partial charge in [0, 0.05) is 0 Å². The van der Waals surface area contributed by atoms with Gasteiger partial charge in [-0.3, -0.25) is 4.79 Å². The lowest BCUT2D eigenvalue weighted by molar-refractivity contribution is -0.141. The largest absolute Gasteiger partial charge is 0.490 e. The smallest absolute Gasteiger partial charge is 0.319 e. The van der Waals surface area contributed by atoms with Gasteiger partial charge in [-0.2, -0.15) is 0 Å². The van der Waals surface area contributed by atoms with Gasteiger partial charge in [-0.05, 0) is 68.2 Å². The minimum atomic E-state index is -3.54. The Labute approximate surface area is 197 Å². The molecule has 0 aliphatic heterocycles. The van der Waals surface area contributed by atoms with Crippen molar-refractivity contribution < 1.29 is 27.1 Å². The van der Waals surface area contributed by atoms with Crippen LogP contribution in [0.15, 0.2) is 18.2 Å². The molecule has 0 spiro atoms. The lowest BCUT2D eigenvalue weighted by Gasteiger charge is -2.32. The minimum Gasteiger partial charge on any atom is -0.490 e. The van der Waals surface area contributed by atoms with Gasteiger partial charge in [-0.15, -0.1) is 0 Å². The van der Waals surface area contributed by atoms with Crippen molar-refractivity contribution in [3.05, 3.63) is 29.6 Å². The lowest BCUT2D eigenvalue weighted by Crippen LogP contribution is -2.38. The molecular weight excluding hydrogens is 447 g/mol.